The highest BCUT2D eigenvalue weighted by molar-refractivity contribution is 4.95. The van der Waals surface area contributed by atoms with Crippen molar-refractivity contribution in [3.8, 4) is 0 Å². The first-order valence-electron chi connectivity index (χ1n) is 7.46. The second-order valence-electron chi connectivity index (χ2n) is 4.95. The highest BCUT2D eigenvalue weighted by atomic mass is 15.1. The molecule has 0 radical (unpaired) electrons. The molecule has 1 nitrogen and oxygen atoms in total. The van der Waals surface area contributed by atoms with E-state index in [2.05, 4.69) is 18.7 Å². The van der Waals surface area contributed by atoms with E-state index in [0.29, 0.717) is 0 Å². The zero-order valence-corrected chi connectivity index (χ0v) is 12.5. The number of likely N-dealkylation sites (tertiary alicyclic amines) is 1. The van der Waals surface area contributed by atoms with Crippen LogP contribution in [0, 0.1) is 11.3 Å². The molecular formula is C15H33N. The maximum absolute atomic E-state index is 2.59. The fourth-order valence-electron chi connectivity index (χ4n) is 3.17. The first-order chi connectivity index (χ1) is 7.74. The summed E-state index contributed by atoms with van der Waals surface area (Å²) in [5, 5.41) is 0. The molecule has 0 aromatic heterocycles. The van der Waals surface area contributed by atoms with Crippen molar-refractivity contribution in [1.29, 1.82) is 0 Å². The van der Waals surface area contributed by atoms with Gasteiger partial charge in [0, 0.05) is 0 Å². The Bertz CT molecular complexity index is 149. The van der Waals surface area contributed by atoms with Gasteiger partial charge in [0.25, 0.3) is 0 Å². The average molecular weight is 227 g/mol. The average Bonchev–Trinajstić information content (AvgIpc) is 2.34. The largest absolute Gasteiger partial charge is 0.304 e. The predicted molar refractivity (Wildman–Crippen MR) is 74.9 cm³/mol. The zero-order chi connectivity index (χ0) is 12.6. The van der Waals surface area contributed by atoms with Crippen LogP contribution >= 0.6 is 0 Å². The molecule has 1 spiro atoms. The predicted octanol–water partition coefficient (Wildman–Crippen LogP) is 4.57. The molecule has 1 heterocycles. The minimum Gasteiger partial charge on any atom is -0.304 e. The van der Waals surface area contributed by atoms with Gasteiger partial charge in [-0.2, -0.15) is 0 Å². The Hall–Kier alpha value is -0.0400. The lowest BCUT2D eigenvalue weighted by Crippen LogP contribution is -2.46. The van der Waals surface area contributed by atoms with Crippen molar-refractivity contribution in [1.82, 2.24) is 4.90 Å². The molecule has 1 aliphatic carbocycles. The number of hydrogen-bond donors (Lipinski definition) is 0. The zero-order valence-electron chi connectivity index (χ0n) is 12.5. The third-order valence-corrected chi connectivity index (χ3v) is 3.93. The highest BCUT2D eigenvalue weighted by Gasteiger charge is 2.43. The number of hydrogen-bond acceptors (Lipinski definition) is 1. The van der Waals surface area contributed by atoms with Gasteiger partial charge in [-0.1, -0.05) is 41.5 Å². The standard InChI is InChI=1S/C11H21N.2C2H6/c1-3-12-6-4-11(5-7-12)8-10(2)9-11;2*1-2/h10H,3-9H2,1-2H3;2*1-2H3. The van der Waals surface area contributed by atoms with Gasteiger partial charge in [0.15, 0.2) is 0 Å². The smallest absolute Gasteiger partial charge is 0.00135 e. The summed E-state index contributed by atoms with van der Waals surface area (Å²) >= 11 is 0. The summed E-state index contributed by atoms with van der Waals surface area (Å²) in [6.07, 6.45) is 5.99. The minimum absolute atomic E-state index is 0.811. The van der Waals surface area contributed by atoms with Gasteiger partial charge in [-0.3, -0.25) is 0 Å². The van der Waals surface area contributed by atoms with E-state index in [1.165, 1.54) is 45.3 Å². The van der Waals surface area contributed by atoms with Crippen LogP contribution in [0.2, 0.25) is 0 Å². The second kappa shape index (κ2) is 8.11. The van der Waals surface area contributed by atoms with Crippen LogP contribution in [0.15, 0.2) is 0 Å². The summed E-state index contributed by atoms with van der Waals surface area (Å²) in [5.41, 5.74) is 0.811. The van der Waals surface area contributed by atoms with Crippen molar-refractivity contribution < 1.29 is 0 Å². The molecule has 2 rings (SSSR count). The molecule has 1 saturated heterocycles. The van der Waals surface area contributed by atoms with Crippen LogP contribution < -0.4 is 0 Å². The van der Waals surface area contributed by atoms with Crippen molar-refractivity contribution in [2.45, 2.75) is 67.2 Å². The van der Waals surface area contributed by atoms with E-state index in [0.717, 1.165) is 11.3 Å². The molecule has 16 heavy (non-hydrogen) atoms. The summed E-state index contributed by atoms with van der Waals surface area (Å²) in [7, 11) is 0. The lowest BCUT2D eigenvalue weighted by atomic mass is 9.58. The Kier molecular flexibility index (Phi) is 8.09. The molecule has 2 fully saturated rings. The van der Waals surface area contributed by atoms with Crippen molar-refractivity contribution in [3.63, 3.8) is 0 Å². The molecule has 0 bridgehead atoms. The minimum atomic E-state index is 0.811. The third-order valence-electron chi connectivity index (χ3n) is 3.93. The maximum atomic E-state index is 2.59. The van der Waals surface area contributed by atoms with Gasteiger partial charge in [-0.05, 0) is 56.7 Å². The first kappa shape index (κ1) is 16.0. The van der Waals surface area contributed by atoms with Gasteiger partial charge < -0.3 is 4.90 Å². The van der Waals surface area contributed by atoms with Crippen molar-refractivity contribution >= 4 is 0 Å². The normalized spacial score (nSPS) is 23.6. The van der Waals surface area contributed by atoms with E-state index in [-0.39, 0.29) is 0 Å². The number of rotatable bonds is 1. The molecule has 98 valence electrons. The van der Waals surface area contributed by atoms with Crippen LogP contribution in [0.3, 0.4) is 0 Å². The van der Waals surface area contributed by atoms with E-state index in [9.17, 15) is 0 Å². The Morgan fingerprint density at radius 2 is 1.44 bits per heavy atom. The highest BCUT2D eigenvalue weighted by Crippen LogP contribution is 2.52. The summed E-state index contributed by atoms with van der Waals surface area (Å²) in [5.74, 6) is 1.03. The molecule has 1 saturated carbocycles. The Balaban J connectivity index is 0.000000509. The first-order valence-corrected chi connectivity index (χ1v) is 7.46. The van der Waals surface area contributed by atoms with Crippen molar-refractivity contribution in [2.75, 3.05) is 19.6 Å². The quantitative estimate of drug-likeness (QED) is 0.634. The second-order valence-corrected chi connectivity index (χ2v) is 4.95. The summed E-state index contributed by atoms with van der Waals surface area (Å²) in [4.78, 5) is 2.59. The van der Waals surface area contributed by atoms with E-state index in [4.69, 9.17) is 0 Å². The van der Waals surface area contributed by atoms with Gasteiger partial charge in [-0.25, -0.2) is 0 Å². The molecule has 1 heteroatoms. The van der Waals surface area contributed by atoms with Crippen molar-refractivity contribution in [3.05, 3.63) is 0 Å². The molecule has 0 atom stereocenters. The molecule has 2 aliphatic rings. The fourth-order valence-corrected chi connectivity index (χ4v) is 3.17. The maximum Gasteiger partial charge on any atom is -0.00135 e. The van der Waals surface area contributed by atoms with E-state index >= 15 is 0 Å². The van der Waals surface area contributed by atoms with Crippen LogP contribution in [-0.2, 0) is 0 Å². The summed E-state index contributed by atoms with van der Waals surface area (Å²) < 4.78 is 0. The topological polar surface area (TPSA) is 3.24 Å². The van der Waals surface area contributed by atoms with Gasteiger partial charge in [0.05, 0.1) is 0 Å². The monoisotopic (exact) mass is 227 g/mol. The number of nitrogens with zero attached hydrogens (tertiary/aromatic N) is 1. The molecule has 0 aromatic carbocycles. The molecule has 1 aliphatic heterocycles. The van der Waals surface area contributed by atoms with Crippen molar-refractivity contribution in [2.24, 2.45) is 11.3 Å². The van der Waals surface area contributed by atoms with Crippen LogP contribution in [0.25, 0.3) is 0 Å². The summed E-state index contributed by atoms with van der Waals surface area (Å²) in [6, 6.07) is 0. The van der Waals surface area contributed by atoms with Gasteiger partial charge in [0.2, 0.25) is 0 Å². The van der Waals surface area contributed by atoms with Crippen LogP contribution in [0.1, 0.15) is 67.2 Å². The molecular weight excluding hydrogens is 194 g/mol. The molecule has 0 unspecified atom stereocenters. The fraction of sp³-hybridized carbons (Fsp3) is 1.00. The van der Waals surface area contributed by atoms with Gasteiger partial charge in [0.1, 0.15) is 0 Å². The van der Waals surface area contributed by atoms with Gasteiger partial charge >= 0.3 is 0 Å². The molecule has 0 aromatic rings. The third kappa shape index (κ3) is 4.08. The van der Waals surface area contributed by atoms with E-state index in [1.807, 2.05) is 27.7 Å². The molecule has 0 N–H and O–H groups in total. The Morgan fingerprint density at radius 3 is 1.75 bits per heavy atom. The summed E-state index contributed by atoms with van der Waals surface area (Å²) in [6.45, 7) is 16.7. The van der Waals surface area contributed by atoms with Crippen LogP contribution in [0.4, 0.5) is 0 Å². The molecule has 0 amide bonds. The lowest BCUT2D eigenvalue weighted by Gasteiger charge is -2.51. The van der Waals surface area contributed by atoms with Crippen LogP contribution in [0.5, 0.6) is 0 Å². The van der Waals surface area contributed by atoms with Crippen LogP contribution in [-0.4, -0.2) is 24.5 Å². The lowest BCUT2D eigenvalue weighted by molar-refractivity contribution is -0.00433. The van der Waals surface area contributed by atoms with E-state index < -0.39 is 0 Å². The van der Waals surface area contributed by atoms with Gasteiger partial charge in [-0.15, -0.1) is 0 Å². The van der Waals surface area contributed by atoms with E-state index in [1.54, 1.807) is 0 Å². The Labute approximate surface area is 104 Å². The SMILES string of the molecule is CC.CC.CCN1CCC2(CC1)CC(C)C2. The Morgan fingerprint density at radius 1 is 1.00 bits per heavy atom. The number of piperidine rings is 1.